The third kappa shape index (κ3) is 5.01. The SMILES string of the molecule is O=C(NC1CCCCC1)[C@H](c1ccco1)N(Cc1ccc2c(c1)OCO2)C(=O)[C@H]1COc2ccccc2O1. The van der Waals surface area contributed by atoms with Crippen molar-refractivity contribution >= 4 is 11.8 Å². The van der Waals surface area contributed by atoms with Crippen LogP contribution in [0, 0.1) is 0 Å². The summed E-state index contributed by atoms with van der Waals surface area (Å²) in [5.74, 6) is 2.03. The Labute approximate surface area is 220 Å². The van der Waals surface area contributed by atoms with Gasteiger partial charge in [0.1, 0.15) is 12.4 Å². The quantitative estimate of drug-likeness (QED) is 0.496. The number of amides is 2. The lowest BCUT2D eigenvalue weighted by molar-refractivity contribution is -0.150. The smallest absolute Gasteiger partial charge is 0.268 e. The molecule has 1 aliphatic carbocycles. The minimum atomic E-state index is -0.995. The van der Waals surface area contributed by atoms with Crippen molar-refractivity contribution in [3.05, 3.63) is 72.2 Å². The van der Waals surface area contributed by atoms with Crippen LogP contribution >= 0.6 is 0 Å². The summed E-state index contributed by atoms with van der Waals surface area (Å²) in [5, 5.41) is 3.18. The molecule has 1 N–H and O–H groups in total. The number of benzene rings is 2. The number of carbonyl (C=O) groups excluding carboxylic acids is 2. The number of para-hydroxylation sites is 2. The van der Waals surface area contributed by atoms with Crippen LogP contribution in [0.2, 0.25) is 0 Å². The Morgan fingerprint density at radius 1 is 0.895 bits per heavy atom. The van der Waals surface area contributed by atoms with E-state index in [0.29, 0.717) is 28.8 Å². The van der Waals surface area contributed by atoms with Crippen molar-refractivity contribution in [1.82, 2.24) is 10.2 Å². The normalized spacial score (nSPS) is 19.0. The Morgan fingerprint density at radius 3 is 2.50 bits per heavy atom. The van der Waals surface area contributed by atoms with Crippen LogP contribution in [0.5, 0.6) is 23.0 Å². The van der Waals surface area contributed by atoms with E-state index >= 15 is 0 Å². The molecule has 2 atom stereocenters. The average molecular weight is 519 g/mol. The highest BCUT2D eigenvalue weighted by Crippen LogP contribution is 2.36. The molecule has 6 rings (SSSR count). The predicted octanol–water partition coefficient (Wildman–Crippen LogP) is 4.37. The van der Waals surface area contributed by atoms with Gasteiger partial charge >= 0.3 is 0 Å². The Morgan fingerprint density at radius 2 is 1.68 bits per heavy atom. The second kappa shape index (κ2) is 10.7. The van der Waals surface area contributed by atoms with E-state index in [-0.39, 0.29) is 37.8 Å². The highest BCUT2D eigenvalue weighted by Gasteiger charge is 2.40. The number of fused-ring (bicyclic) bond motifs is 2. The summed E-state index contributed by atoms with van der Waals surface area (Å²) in [7, 11) is 0. The zero-order chi connectivity index (χ0) is 25.9. The van der Waals surface area contributed by atoms with E-state index in [1.165, 1.54) is 17.6 Å². The molecule has 0 spiro atoms. The van der Waals surface area contributed by atoms with E-state index in [2.05, 4.69) is 5.32 Å². The Kier molecular flexibility index (Phi) is 6.81. The van der Waals surface area contributed by atoms with Crippen molar-refractivity contribution in [2.45, 2.75) is 56.8 Å². The van der Waals surface area contributed by atoms with Gasteiger partial charge in [0.25, 0.3) is 11.8 Å². The van der Waals surface area contributed by atoms with Gasteiger partial charge in [-0.25, -0.2) is 0 Å². The molecular formula is C29H30N2O7. The third-order valence-electron chi connectivity index (χ3n) is 7.18. The Balaban J connectivity index is 1.33. The first-order chi connectivity index (χ1) is 18.7. The van der Waals surface area contributed by atoms with Gasteiger partial charge in [0.05, 0.1) is 6.26 Å². The molecule has 3 heterocycles. The highest BCUT2D eigenvalue weighted by atomic mass is 16.7. The minimum absolute atomic E-state index is 0.0304. The summed E-state index contributed by atoms with van der Waals surface area (Å²) < 4.78 is 28.6. The number of nitrogens with zero attached hydrogens (tertiary/aromatic N) is 1. The van der Waals surface area contributed by atoms with E-state index < -0.39 is 12.1 Å². The monoisotopic (exact) mass is 518 g/mol. The fourth-order valence-corrected chi connectivity index (χ4v) is 5.26. The number of hydrogen-bond donors (Lipinski definition) is 1. The first-order valence-electron chi connectivity index (χ1n) is 13.1. The predicted molar refractivity (Wildman–Crippen MR) is 136 cm³/mol. The summed E-state index contributed by atoms with van der Waals surface area (Å²) in [5.41, 5.74) is 0.779. The Hall–Kier alpha value is -4.14. The van der Waals surface area contributed by atoms with E-state index in [1.807, 2.05) is 24.3 Å². The number of ether oxygens (including phenoxy) is 4. The first-order valence-corrected chi connectivity index (χ1v) is 13.1. The summed E-state index contributed by atoms with van der Waals surface area (Å²) in [6, 6.07) is 15.2. The largest absolute Gasteiger partial charge is 0.485 e. The number of carbonyl (C=O) groups is 2. The summed E-state index contributed by atoms with van der Waals surface area (Å²) in [6.45, 7) is 0.302. The maximum Gasteiger partial charge on any atom is 0.268 e. The van der Waals surface area contributed by atoms with Crippen LogP contribution < -0.4 is 24.3 Å². The zero-order valence-corrected chi connectivity index (χ0v) is 21.0. The van der Waals surface area contributed by atoms with Crippen molar-refractivity contribution in [1.29, 1.82) is 0 Å². The lowest BCUT2D eigenvalue weighted by Crippen LogP contribution is -2.52. The molecule has 0 unspecified atom stereocenters. The van der Waals surface area contributed by atoms with Crippen LogP contribution in [0.4, 0.5) is 0 Å². The van der Waals surface area contributed by atoms with Gasteiger partial charge in [0, 0.05) is 12.6 Å². The van der Waals surface area contributed by atoms with E-state index in [1.54, 1.807) is 30.3 Å². The molecule has 1 saturated carbocycles. The van der Waals surface area contributed by atoms with Crippen molar-refractivity contribution < 1.29 is 33.0 Å². The molecule has 9 heteroatoms. The highest BCUT2D eigenvalue weighted by molar-refractivity contribution is 5.90. The maximum atomic E-state index is 14.1. The minimum Gasteiger partial charge on any atom is -0.485 e. The van der Waals surface area contributed by atoms with Crippen molar-refractivity contribution in [3.8, 4) is 23.0 Å². The lowest BCUT2D eigenvalue weighted by atomic mass is 9.95. The van der Waals surface area contributed by atoms with Gasteiger partial charge in [0.15, 0.2) is 29.0 Å². The van der Waals surface area contributed by atoms with Gasteiger partial charge in [-0.05, 0) is 54.8 Å². The van der Waals surface area contributed by atoms with Crippen LogP contribution in [0.25, 0.3) is 0 Å². The number of rotatable bonds is 7. The number of furan rings is 1. The van der Waals surface area contributed by atoms with Crippen LogP contribution in [0.3, 0.4) is 0 Å². The fourth-order valence-electron chi connectivity index (χ4n) is 5.26. The van der Waals surface area contributed by atoms with Crippen LogP contribution in [-0.2, 0) is 16.1 Å². The molecule has 2 amide bonds. The van der Waals surface area contributed by atoms with Gasteiger partial charge in [-0.1, -0.05) is 37.5 Å². The summed E-state index contributed by atoms with van der Waals surface area (Å²) in [6.07, 6.45) is 5.73. The molecule has 1 fully saturated rings. The molecule has 0 bridgehead atoms. The molecule has 9 nitrogen and oxygen atoms in total. The van der Waals surface area contributed by atoms with Crippen LogP contribution in [-0.4, -0.2) is 42.3 Å². The molecule has 0 radical (unpaired) electrons. The molecule has 198 valence electrons. The van der Waals surface area contributed by atoms with Crippen LogP contribution in [0.15, 0.2) is 65.3 Å². The fraction of sp³-hybridized carbons (Fsp3) is 0.379. The molecule has 3 aliphatic rings. The second-order valence-electron chi connectivity index (χ2n) is 9.78. The molecule has 38 heavy (non-hydrogen) atoms. The topological polar surface area (TPSA) is 99.5 Å². The summed E-state index contributed by atoms with van der Waals surface area (Å²) >= 11 is 0. The van der Waals surface area contributed by atoms with Crippen molar-refractivity contribution in [3.63, 3.8) is 0 Å². The van der Waals surface area contributed by atoms with Gasteiger partial charge in [-0.15, -0.1) is 0 Å². The number of nitrogens with one attached hydrogen (secondary N) is 1. The van der Waals surface area contributed by atoms with E-state index in [0.717, 1.165) is 31.2 Å². The van der Waals surface area contributed by atoms with Crippen molar-refractivity contribution in [2.75, 3.05) is 13.4 Å². The standard InChI is InChI=1S/C29H30N2O7/c32-28(30-20-7-2-1-3-8-20)27(24-11-6-14-34-24)31(16-19-12-13-22-25(15-19)37-18-36-22)29(33)26-17-35-21-9-4-5-10-23(21)38-26/h4-6,9-15,20,26-27H,1-3,7-8,16-18H2,(H,30,32)/t26-,27+/m1/s1. The number of hydrogen-bond acceptors (Lipinski definition) is 7. The van der Waals surface area contributed by atoms with E-state index in [9.17, 15) is 9.59 Å². The zero-order valence-electron chi connectivity index (χ0n) is 21.0. The molecule has 2 aliphatic heterocycles. The lowest BCUT2D eigenvalue weighted by Gasteiger charge is -2.35. The van der Waals surface area contributed by atoms with Crippen LogP contribution in [0.1, 0.15) is 49.5 Å². The molecule has 3 aromatic rings. The summed E-state index contributed by atoms with van der Waals surface area (Å²) in [4.78, 5) is 29.5. The molecule has 2 aromatic carbocycles. The van der Waals surface area contributed by atoms with Gasteiger partial charge < -0.3 is 33.6 Å². The molecule has 0 saturated heterocycles. The third-order valence-corrected chi connectivity index (χ3v) is 7.18. The Bertz CT molecular complexity index is 1290. The first kappa shape index (κ1) is 24.2. The maximum absolute atomic E-state index is 14.1. The van der Waals surface area contributed by atoms with E-state index in [4.69, 9.17) is 23.4 Å². The molecular weight excluding hydrogens is 488 g/mol. The van der Waals surface area contributed by atoms with Gasteiger partial charge in [0.2, 0.25) is 12.9 Å². The second-order valence-corrected chi connectivity index (χ2v) is 9.78. The molecule has 1 aromatic heterocycles. The van der Waals surface area contributed by atoms with Gasteiger partial charge in [-0.2, -0.15) is 0 Å². The van der Waals surface area contributed by atoms with Crippen molar-refractivity contribution in [2.24, 2.45) is 0 Å². The van der Waals surface area contributed by atoms with Gasteiger partial charge in [-0.3, -0.25) is 9.59 Å². The average Bonchev–Trinajstić information content (AvgIpc) is 3.65.